The third-order valence-corrected chi connectivity index (χ3v) is 4.20. The second-order valence-corrected chi connectivity index (χ2v) is 5.57. The van der Waals surface area contributed by atoms with Crippen LogP contribution >= 0.6 is 0 Å². The van der Waals surface area contributed by atoms with Crippen LogP contribution in [0.5, 0.6) is 5.75 Å². The average molecular weight is 298 g/mol. The van der Waals surface area contributed by atoms with E-state index in [0.29, 0.717) is 12.3 Å². The van der Waals surface area contributed by atoms with Gasteiger partial charge in [-0.15, -0.1) is 0 Å². The summed E-state index contributed by atoms with van der Waals surface area (Å²) in [4.78, 5) is 2.34. The van der Waals surface area contributed by atoms with E-state index in [1.807, 2.05) is 12.1 Å². The molecule has 0 radical (unpaired) electrons. The lowest BCUT2D eigenvalue weighted by Crippen LogP contribution is -2.21. The van der Waals surface area contributed by atoms with Crippen LogP contribution in [0.25, 0.3) is 0 Å². The van der Waals surface area contributed by atoms with Crippen LogP contribution < -0.4 is 10.6 Å². The smallest absolute Gasteiger partial charge is 0.115 e. The fourth-order valence-corrected chi connectivity index (χ4v) is 2.80. The summed E-state index contributed by atoms with van der Waals surface area (Å²) in [5.41, 5.74) is 9.67. The molecule has 22 heavy (non-hydrogen) atoms. The van der Waals surface area contributed by atoms with E-state index in [0.717, 1.165) is 19.5 Å². The number of benzene rings is 2. The fraction of sp³-hybridized carbons (Fsp3) is 0.368. The van der Waals surface area contributed by atoms with Gasteiger partial charge in [-0.05, 0) is 62.2 Å². The van der Waals surface area contributed by atoms with Crippen molar-refractivity contribution in [3.05, 3.63) is 59.7 Å². The Bertz CT molecular complexity index is 559. The largest absolute Gasteiger partial charge is 0.508 e. The van der Waals surface area contributed by atoms with E-state index in [-0.39, 0.29) is 5.92 Å². The lowest BCUT2D eigenvalue weighted by atomic mass is 9.92. The second kappa shape index (κ2) is 7.85. The van der Waals surface area contributed by atoms with Crippen LogP contribution in [-0.2, 0) is 6.42 Å². The number of hydrogen-bond donors (Lipinski definition) is 2. The molecule has 0 aliphatic rings. The van der Waals surface area contributed by atoms with Gasteiger partial charge < -0.3 is 15.7 Å². The monoisotopic (exact) mass is 298 g/mol. The maximum Gasteiger partial charge on any atom is 0.115 e. The number of nitrogens with two attached hydrogens (primary N) is 1. The summed E-state index contributed by atoms with van der Waals surface area (Å²) in [6.45, 7) is 6.99. The summed E-state index contributed by atoms with van der Waals surface area (Å²) in [7, 11) is 0. The zero-order valence-corrected chi connectivity index (χ0v) is 13.5. The van der Waals surface area contributed by atoms with Crippen molar-refractivity contribution in [1.29, 1.82) is 0 Å². The van der Waals surface area contributed by atoms with E-state index in [1.54, 1.807) is 12.1 Å². The van der Waals surface area contributed by atoms with Crippen LogP contribution in [0.1, 0.15) is 30.9 Å². The first kappa shape index (κ1) is 16.4. The van der Waals surface area contributed by atoms with Crippen molar-refractivity contribution in [2.75, 3.05) is 24.5 Å². The molecule has 0 amide bonds. The number of rotatable bonds is 7. The molecule has 0 heterocycles. The molecule has 0 bridgehead atoms. The highest BCUT2D eigenvalue weighted by atomic mass is 16.3. The summed E-state index contributed by atoms with van der Waals surface area (Å²) < 4.78 is 0. The van der Waals surface area contributed by atoms with E-state index in [4.69, 9.17) is 5.73 Å². The molecular formula is C19H26N2O. The Labute approximate surface area is 133 Å². The molecule has 3 N–H and O–H groups in total. The number of hydrogen-bond acceptors (Lipinski definition) is 3. The molecular weight excluding hydrogens is 272 g/mol. The SMILES string of the molecule is CCN(CC)c1ccc(CC(CN)c2ccc(O)cc2)cc1. The normalized spacial score (nSPS) is 12.1. The lowest BCUT2D eigenvalue weighted by molar-refractivity contribution is 0.475. The molecule has 1 unspecified atom stereocenters. The van der Waals surface area contributed by atoms with Crippen LogP contribution in [0.4, 0.5) is 5.69 Å². The molecule has 118 valence electrons. The zero-order valence-electron chi connectivity index (χ0n) is 13.5. The third-order valence-electron chi connectivity index (χ3n) is 4.20. The van der Waals surface area contributed by atoms with Crippen molar-refractivity contribution in [1.82, 2.24) is 0 Å². The Morgan fingerprint density at radius 1 is 0.955 bits per heavy atom. The van der Waals surface area contributed by atoms with Gasteiger partial charge in [-0.2, -0.15) is 0 Å². The van der Waals surface area contributed by atoms with E-state index in [1.165, 1.54) is 16.8 Å². The van der Waals surface area contributed by atoms with Crippen LogP contribution in [-0.4, -0.2) is 24.7 Å². The molecule has 2 rings (SSSR count). The fourth-order valence-electron chi connectivity index (χ4n) is 2.80. The highest BCUT2D eigenvalue weighted by Gasteiger charge is 2.11. The minimum Gasteiger partial charge on any atom is -0.508 e. The Morgan fingerprint density at radius 3 is 2.05 bits per heavy atom. The van der Waals surface area contributed by atoms with Crippen LogP contribution in [0.2, 0.25) is 0 Å². The molecule has 0 spiro atoms. The third kappa shape index (κ3) is 4.01. The van der Waals surface area contributed by atoms with Gasteiger partial charge in [0.1, 0.15) is 5.75 Å². The van der Waals surface area contributed by atoms with Gasteiger partial charge >= 0.3 is 0 Å². The molecule has 3 nitrogen and oxygen atoms in total. The Kier molecular flexibility index (Phi) is 5.84. The molecule has 3 heteroatoms. The van der Waals surface area contributed by atoms with Gasteiger partial charge in [-0.1, -0.05) is 24.3 Å². The number of aromatic hydroxyl groups is 1. The van der Waals surface area contributed by atoms with Crippen molar-refractivity contribution in [2.24, 2.45) is 5.73 Å². The van der Waals surface area contributed by atoms with Crippen LogP contribution in [0.15, 0.2) is 48.5 Å². The Hall–Kier alpha value is -2.00. The lowest BCUT2D eigenvalue weighted by Gasteiger charge is -2.21. The number of phenols is 1. The number of phenolic OH excluding ortho intramolecular Hbond substituents is 1. The Balaban J connectivity index is 2.09. The van der Waals surface area contributed by atoms with Crippen molar-refractivity contribution in [3.8, 4) is 5.75 Å². The predicted molar refractivity (Wildman–Crippen MR) is 93.6 cm³/mol. The van der Waals surface area contributed by atoms with Gasteiger partial charge in [0.15, 0.2) is 0 Å². The first-order valence-corrected chi connectivity index (χ1v) is 8.00. The quantitative estimate of drug-likeness (QED) is 0.822. The highest BCUT2D eigenvalue weighted by molar-refractivity contribution is 5.47. The van der Waals surface area contributed by atoms with Gasteiger partial charge in [-0.25, -0.2) is 0 Å². The average Bonchev–Trinajstić information content (AvgIpc) is 2.56. The van der Waals surface area contributed by atoms with E-state index >= 15 is 0 Å². The predicted octanol–water partition coefficient (Wildman–Crippen LogP) is 3.52. The molecule has 0 fully saturated rings. The summed E-state index contributed by atoms with van der Waals surface area (Å²) in [6, 6.07) is 16.1. The standard InChI is InChI=1S/C19H26N2O/c1-3-21(4-2)18-9-5-15(6-10-18)13-17(14-20)16-7-11-19(22)12-8-16/h5-12,17,22H,3-4,13-14,20H2,1-2H3. The molecule has 0 saturated heterocycles. The van der Waals surface area contributed by atoms with Gasteiger partial charge in [0.05, 0.1) is 0 Å². The first-order valence-electron chi connectivity index (χ1n) is 8.00. The zero-order chi connectivity index (χ0) is 15.9. The summed E-state index contributed by atoms with van der Waals surface area (Å²) in [6.07, 6.45) is 0.916. The van der Waals surface area contributed by atoms with Gasteiger partial charge in [0.2, 0.25) is 0 Å². The molecule has 1 atom stereocenters. The van der Waals surface area contributed by atoms with Crippen molar-refractivity contribution in [3.63, 3.8) is 0 Å². The maximum absolute atomic E-state index is 9.39. The molecule has 2 aromatic rings. The summed E-state index contributed by atoms with van der Waals surface area (Å²) >= 11 is 0. The first-order chi connectivity index (χ1) is 10.7. The van der Waals surface area contributed by atoms with Gasteiger partial charge in [0, 0.05) is 24.7 Å². The summed E-state index contributed by atoms with van der Waals surface area (Å²) in [5, 5.41) is 9.39. The second-order valence-electron chi connectivity index (χ2n) is 5.57. The topological polar surface area (TPSA) is 49.5 Å². The molecule has 0 aliphatic carbocycles. The van der Waals surface area contributed by atoms with Crippen LogP contribution in [0.3, 0.4) is 0 Å². The van der Waals surface area contributed by atoms with Gasteiger partial charge in [0.25, 0.3) is 0 Å². The van der Waals surface area contributed by atoms with Crippen molar-refractivity contribution >= 4 is 5.69 Å². The van der Waals surface area contributed by atoms with E-state index < -0.39 is 0 Å². The van der Waals surface area contributed by atoms with E-state index in [9.17, 15) is 5.11 Å². The molecule has 0 saturated carbocycles. The molecule has 0 aliphatic heterocycles. The molecule has 2 aromatic carbocycles. The molecule has 0 aromatic heterocycles. The number of anilines is 1. The number of nitrogens with zero attached hydrogens (tertiary/aromatic N) is 1. The van der Waals surface area contributed by atoms with Crippen LogP contribution in [0, 0.1) is 0 Å². The summed E-state index contributed by atoms with van der Waals surface area (Å²) in [5.74, 6) is 0.572. The van der Waals surface area contributed by atoms with Crippen molar-refractivity contribution < 1.29 is 5.11 Å². The minimum absolute atomic E-state index is 0.278. The van der Waals surface area contributed by atoms with E-state index in [2.05, 4.69) is 43.0 Å². The van der Waals surface area contributed by atoms with Gasteiger partial charge in [-0.3, -0.25) is 0 Å². The maximum atomic E-state index is 9.39. The minimum atomic E-state index is 0.278. The van der Waals surface area contributed by atoms with Crippen molar-refractivity contribution in [2.45, 2.75) is 26.2 Å². The highest BCUT2D eigenvalue weighted by Crippen LogP contribution is 2.23. The Morgan fingerprint density at radius 2 is 1.55 bits per heavy atom.